The standard InChI is InChI=1S/C18H20ClFN2O3S2/c1-3-22(4-2)27(24,25)17-11-14(7-10-16(17)19)21-18(23)12-26-15-8-5-13(20)6-9-15/h5-11H,3-4,12H2,1-2H3,(H,21,23). The zero-order valence-corrected chi connectivity index (χ0v) is 17.3. The second-order valence-corrected chi connectivity index (χ2v) is 8.89. The van der Waals surface area contributed by atoms with Gasteiger partial charge in [0.2, 0.25) is 15.9 Å². The number of carbonyl (C=O) groups is 1. The van der Waals surface area contributed by atoms with Crippen molar-refractivity contribution in [2.75, 3.05) is 24.2 Å². The number of nitrogens with zero attached hydrogens (tertiary/aromatic N) is 1. The summed E-state index contributed by atoms with van der Waals surface area (Å²) in [5, 5.41) is 2.76. The molecule has 0 fully saturated rings. The van der Waals surface area contributed by atoms with Gasteiger partial charge < -0.3 is 5.32 Å². The Balaban J connectivity index is 2.11. The Bertz CT molecular complexity index is 901. The van der Waals surface area contributed by atoms with Crippen molar-refractivity contribution < 1.29 is 17.6 Å². The predicted molar refractivity (Wildman–Crippen MR) is 107 cm³/mol. The van der Waals surface area contributed by atoms with Crippen LogP contribution in [0.2, 0.25) is 5.02 Å². The molecule has 1 N–H and O–H groups in total. The topological polar surface area (TPSA) is 66.5 Å². The van der Waals surface area contributed by atoms with Crippen LogP contribution in [0.25, 0.3) is 0 Å². The summed E-state index contributed by atoms with van der Waals surface area (Å²) in [6, 6.07) is 10.2. The molecule has 0 saturated carbocycles. The number of hydrogen-bond donors (Lipinski definition) is 1. The Kier molecular flexibility index (Phi) is 7.67. The van der Waals surface area contributed by atoms with Gasteiger partial charge in [-0.15, -0.1) is 11.8 Å². The third kappa shape index (κ3) is 5.68. The summed E-state index contributed by atoms with van der Waals surface area (Å²) in [4.78, 5) is 12.9. The van der Waals surface area contributed by atoms with Crippen molar-refractivity contribution in [3.8, 4) is 0 Å². The minimum absolute atomic E-state index is 0.0446. The molecule has 146 valence electrons. The Morgan fingerprint density at radius 2 is 1.78 bits per heavy atom. The molecule has 1 amide bonds. The van der Waals surface area contributed by atoms with Gasteiger partial charge in [0, 0.05) is 23.7 Å². The molecule has 0 atom stereocenters. The molecule has 9 heteroatoms. The van der Waals surface area contributed by atoms with Gasteiger partial charge in [-0.3, -0.25) is 4.79 Å². The van der Waals surface area contributed by atoms with Crippen LogP contribution >= 0.6 is 23.4 Å². The molecule has 0 aromatic heterocycles. The summed E-state index contributed by atoms with van der Waals surface area (Å²) in [5.41, 5.74) is 0.342. The van der Waals surface area contributed by atoms with Crippen molar-refractivity contribution >= 4 is 45.0 Å². The van der Waals surface area contributed by atoms with E-state index >= 15 is 0 Å². The van der Waals surface area contributed by atoms with Crippen LogP contribution in [0.3, 0.4) is 0 Å². The second-order valence-electron chi connectivity index (χ2n) is 5.53. The molecule has 27 heavy (non-hydrogen) atoms. The first-order chi connectivity index (χ1) is 12.8. The molecular formula is C18H20ClFN2O3S2. The highest BCUT2D eigenvalue weighted by atomic mass is 35.5. The molecule has 2 aromatic carbocycles. The van der Waals surface area contributed by atoms with E-state index in [9.17, 15) is 17.6 Å². The number of hydrogen-bond acceptors (Lipinski definition) is 4. The molecular weight excluding hydrogens is 411 g/mol. The lowest BCUT2D eigenvalue weighted by Gasteiger charge is -2.19. The van der Waals surface area contributed by atoms with E-state index in [0.29, 0.717) is 18.8 Å². The van der Waals surface area contributed by atoms with Crippen LogP contribution in [-0.4, -0.2) is 37.5 Å². The normalized spacial score (nSPS) is 11.6. The van der Waals surface area contributed by atoms with Gasteiger partial charge in [0.1, 0.15) is 10.7 Å². The quantitative estimate of drug-likeness (QED) is 0.636. The summed E-state index contributed by atoms with van der Waals surface area (Å²) in [5.74, 6) is -0.545. The molecule has 0 saturated heterocycles. The van der Waals surface area contributed by atoms with E-state index in [4.69, 9.17) is 11.6 Å². The number of halogens is 2. The summed E-state index contributed by atoms with van der Waals surface area (Å²) in [6.07, 6.45) is 0. The highest BCUT2D eigenvalue weighted by Crippen LogP contribution is 2.28. The third-order valence-electron chi connectivity index (χ3n) is 3.72. The molecule has 0 heterocycles. The van der Waals surface area contributed by atoms with E-state index in [0.717, 1.165) is 4.90 Å². The third-order valence-corrected chi connectivity index (χ3v) is 7.27. The zero-order chi connectivity index (χ0) is 20.0. The van der Waals surface area contributed by atoms with Crippen molar-refractivity contribution in [3.63, 3.8) is 0 Å². The number of carbonyl (C=O) groups excluding carboxylic acids is 1. The van der Waals surface area contributed by atoms with Crippen molar-refractivity contribution in [2.45, 2.75) is 23.6 Å². The Hall–Kier alpha value is -1.61. The molecule has 5 nitrogen and oxygen atoms in total. The first-order valence-electron chi connectivity index (χ1n) is 8.25. The molecule has 0 spiro atoms. The minimum Gasteiger partial charge on any atom is -0.325 e. The number of nitrogens with one attached hydrogen (secondary N) is 1. The van der Waals surface area contributed by atoms with Crippen LogP contribution in [0.5, 0.6) is 0 Å². The summed E-state index contributed by atoms with van der Waals surface area (Å²) in [6.45, 7) is 4.13. The van der Waals surface area contributed by atoms with Gasteiger partial charge in [0.05, 0.1) is 10.8 Å². The molecule has 0 unspecified atom stereocenters. The number of sulfonamides is 1. The maximum absolute atomic E-state index is 12.9. The molecule has 0 aliphatic rings. The fourth-order valence-corrected chi connectivity index (χ4v) is 5.02. The van der Waals surface area contributed by atoms with E-state index in [2.05, 4.69) is 5.32 Å². The summed E-state index contributed by atoms with van der Waals surface area (Å²) < 4.78 is 39.6. The fraction of sp³-hybridized carbons (Fsp3) is 0.278. The minimum atomic E-state index is -3.74. The van der Waals surface area contributed by atoms with E-state index in [1.807, 2.05) is 0 Å². The zero-order valence-electron chi connectivity index (χ0n) is 14.9. The molecule has 2 aromatic rings. The van der Waals surface area contributed by atoms with Crippen LogP contribution in [0.1, 0.15) is 13.8 Å². The van der Waals surface area contributed by atoms with Gasteiger partial charge in [-0.1, -0.05) is 25.4 Å². The molecule has 0 bridgehead atoms. The summed E-state index contributed by atoms with van der Waals surface area (Å²) in [7, 11) is -3.74. The number of thioether (sulfide) groups is 1. The maximum Gasteiger partial charge on any atom is 0.244 e. The van der Waals surface area contributed by atoms with Gasteiger partial charge in [0.15, 0.2) is 0 Å². The number of anilines is 1. The van der Waals surface area contributed by atoms with Crippen LogP contribution in [-0.2, 0) is 14.8 Å². The fourth-order valence-electron chi connectivity index (χ4n) is 2.36. The molecule has 0 aliphatic heterocycles. The van der Waals surface area contributed by atoms with Crippen molar-refractivity contribution in [3.05, 3.63) is 53.3 Å². The SMILES string of the molecule is CCN(CC)S(=O)(=O)c1cc(NC(=O)CSc2ccc(F)cc2)ccc1Cl. The largest absolute Gasteiger partial charge is 0.325 e. The number of rotatable bonds is 8. The van der Waals surface area contributed by atoms with Gasteiger partial charge in [-0.05, 0) is 42.5 Å². The van der Waals surface area contributed by atoms with E-state index in [1.54, 1.807) is 32.0 Å². The average Bonchev–Trinajstić information content (AvgIpc) is 2.63. The first-order valence-corrected chi connectivity index (χ1v) is 11.1. The van der Waals surface area contributed by atoms with Crippen LogP contribution < -0.4 is 5.32 Å². The highest BCUT2D eigenvalue weighted by molar-refractivity contribution is 8.00. The lowest BCUT2D eigenvalue weighted by atomic mass is 10.3. The molecule has 2 rings (SSSR count). The molecule has 0 aliphatic carbocycles. The Morgan fingerprint density at radius 1 is 1.15 bits per heavy atom. The average molecular weight is 431 g/mol. The van der Waals surface area contributed by atoms with Gasteiger partial charge >= 0.3 is 0 Å². The van der Waals surface area contributed by atoms with Crippen molar-refractivity contribution in [1.29, 1.82) is 0 Å². The lowest BCUT2D eigenvalue weighted by molar-refractivity contribution is -0.113. The maximum atomic E-state index is 12.9. The van der Waals surface area contributed by atoms with Gasteiger partial charge in [-0.2, -0.15) is 4.31 Å². The van der Waals surface area contributed by atoms with Crippen LogP contribution in [0.15, 0.2) is 52.3 Å². The van der Waals surface area contributed by atoms with Crippen molar-refractivity contribution in [2.24, 2.45) is 0 Å². The highest BCUT2D eigenvalue weighted by Gasteiger charge is 2.24. The monoisotopic (exact) mass is 430 g/mol. The Morgan fingerprint density at radius 3 is 2.37 bits per heavy atom. The van der Waals surface area contributed by atoms with Crippen LogP contribution in [0.4, 0.5) is 10.1 Å². The van der Waals surface area contributed by atoms with E-state index in [1.165, 1.54) is 40.3 Å². The van der Waals surface area contributed by atoms with Gasteiger partial charge in [0.25, 0.3) is 0 Å². The predicted octanol–water partition coefficient (Wildman–Crippen LogP) is 4.24. The number of amides is 1. The lowest BCUT2D eigenvalue weighted by Crippen LogP contribution is -2.30. The van der Waals surface area contributed by atoms with Crippen molar-refractivity contribution in [1.82, 2.24) is 4.31 Å². The Labute approximate surface area is 168 Å². The number of benzene rings is 2. The second kappa shape index (κ2) is 9.54. The van der Waals surface area contributed by atoms with E-state index < -0.39 is 10.0 Å². The summed E-state index contributed by atoms with van der Waals surface area (Å²) >= 11 is 7.33. The van der Waals surface area contributed by atoms with Gasteiger partial charge in [-0.25, -0.2) is 12.8 Å². The first kappa shape index (κ1) is 21.7. The molecule has 0 radical (unpaired) electrons. The van der Waals surface area contributed by atoms with Crippen LogP contribution in [0, 0.1) is 5.82 Å². The van der Waals surface area contributed by atoms with E-state index in [-0.39, 0.29) is 27.4 Å². The smallest absolute Gasteiger partial charge is 0.244 e.